The Morgan fingerprint density at radius 2 is 1.80 bits per heavy atom. The first-order valence-corrected chi connectivity index (χ1v) is 16.5. The summed E-state index contributed by atoms with van der Waals surface area (Å²) >= 11 is 6.83. The summed E-state index contributed by atoms with van der Waals surface area (Å²) in [6.45, 7) is 14.6. The van der Waals surface area contributed by atoms with Crippen LogP contribution in [0.5, 0.6) is 0 Å². The fourth-order valence-electron chi connectivity index (χ4n) is 5.75. The third-order valence-electron chi connectivity index (χ3n) is 7.79. The summed E-state index contributed by atoms with van der Waals surface area (Å²) in [5.74, 6) is 0.670. The van der Waals surface area contributed by atoms with E-state index in [1.54, 1.807) is 35.8 Å². The molecule has 2 aromatic carbocycles. The molecule has 0 unspecified atom stereocenters. The van der Waals surface area contributed by atoms with Crippen LogP contribution in [0.3, 0.4) is 0 Å². The molecule has 3 heterocycles. The van der Waals surface area contributed by atoms with Crippen LogP contribution in [0.4, 0.5) is 15.9 Å². The number of nitrogens with zero attached hydrogens (tertiary/aromatic N) is 5. The summed E-state index contributed by atoms with van der Waals surface area (Å²) in [7, 11) is -3.60. The summed E-state index contributed by atoms with van der Waals surface area (Å²) in [5, 5.41) is 0.281. The molecular weight excluding hydrogens is 560 g/mol. The van der Waals surface area contributed by atoms with Gasteiger partial charge >= 0.3 is 247 Å². The summed E-state index contributed by atoms with van der Waals surface area (Å²) < 4.78 is 21.9. The van der Waals surface area contributed by atoms with Crippen molar-refractivity contribution in [3.63, 3.8) is 0 Å². The predicted molar refractivity (Wildman–Crippen MR) is 168 cm³/mol. The Morgan fingerprint density at radius 3 is 2.49 bits per heavy atom. The average Bonchev–Trinajstić information content (AvgIpc) is 2.93. The molecule has 0 radical (unpaired) electrons. The van der Waals surface area contributed by atoms with Crippen LogP contribution < -0.4 is 4.67 Å². The number of hydrogen-bond donors (Lipinski definition) is 1. The van der Waals surface area contributed by atoms with E-state index in [4.69, 9.17) is 21.3 Å². The minimum atomic E-state index is -3.60. The standard InChI is InChI=1S/C31H36ClFN5O2P/c1-7-28(39)36-17-21(5)37(18-20(36)4)31-24-16-25(32)29(23-13-8-10-14-26(23)33)34-30(24)38(41(6,40)35-31)27-15-11-9-12-22(27)19(2)3/h7-16,19-21,40-41H,1,17-18H2,2-6H3/t20-,21+/m1/s1. The molecule has 2 aliphatic heterocycles. The van der Waals surface area contributed by atoms with Crippen molar-refractivity contribution >= 4 is 42.6 Å². The summed E-state index contributed by atoms with van der Waals surface area (Å²) in [6.07, 6.45) is 1.34. The number of carbonyl (C=O) groups excluding carboxylic acids is 1. The molecule has 0 saturated carbocycles. The second-order valence-corrected chi connectivity index (χ2v) is 14.2. The number of halogens is 2. The number of aromatic nitrogens is 1. The summed E-state index contributed by atoms with van der Waals surface area (Å²) in [5.41, 5.74) is 3.06. The van der Waals surface area contributed by atoms with Gasteiger partial charge in [0, 0.05) is 0 Å². The van der Waals surface area contributed by atoms with E-state index in [9.17, 15) is 14.1 Å². The fraction of sp³-hybridized carbons (Fsp3) is 0.323. The quantitative estimate of drug-likeness (QED) is 0.266. The van der Waals surface area contributed by atoms with E-state index >= 15 is 0 Å². The van der Waals surface area contributed by atoms with E-state index in [1.807, 2.05) is 42.8 Å². The van der Waals surface area contributed by atoms with Crippen molar-refractivity contribution in [3.8, 4) is 11.3 Å². The van der Waals surface area contributed by atoms with Gasteiger partial charge in [0.25, 0.3) is 0 Å². The molecule has 0 aliphatic carbocycles. The number of hydrogen-bond acceptors (Lipinski definition) is 6. The van der Waals surface area contributed by atoms with Gasteiger partial charge in [0.2, 0.25) is 0 Å². The zero-order valence-electron chi connectivity index (χ0n) is 24.0. The number of pyridine rings is 1. The third kappa shape index (κ3) is 5.25. The zero-order chi connectivity index (χ0) is 29.6. The Labute approximate surface area is 246 Å². The minimum absolute atomic E-state index is 0.106. The van der Waals surface area contributed by atoms with E-state index in [2.05, 4.69) is 25.3 Å². The van der Waals surface area contributed by atoms with E-state index < -0.39 is 13.6 Å². The number of para-hydroxylation sites is 1. The average molecular weight is 596 g/mol. The maximum absolute atomic E-state index is 15.0. The van der Waals surface area contributed by atoms with Crippen molar-refractivity contribution in [1.29, 1.82) is 0 Å². The molecule has 3 aromatic rings. The first kappa shape index (κ1) is 29.2. The molecule has 1 fully saturated rings. The van der Waals surface area contributed by atoms with Gasteiger partial charge in [0.1, 0.15) is 0 Å². The van der Waals surface area contributed by atoms with Gasteiger partial charge in [-0.05, 0) is 0 Å². The van der Waals surface area contributed by atoms with Crippen molar-refractivity contribution in [2.75, 3.05) is 24.4 Å². The Hall–Kier alpha value is -3.32. The van der Waals surface area contributed by atoms with Gasteiger partial charge in [-0.2, -0.15) is 0 Å². The van der Waals surface area contributed by atoms with Crippen molar-refractivity contribution in [1.82, 2.24) is 14.8 Å². The number of amides is 1. The normalized spacial score (nSPS) is 20.9. The number of anilines is 2. The zero-order valence-corrected chi connectivity index (χ0v) is 25.7. The van der Waals surface area contributed by atoms with Gasteiger partial charge < -0.3 is 0 Å². The molecular formula is C31H36ClFN5O2P. The molecule has 216 valence electrons. The number of carbonyl (C=O) groups is 1. The number of amidine groups is 1. The second-order valence-electron chi connectivity index (χ2n) is 11.2. The van der Waals surface area contributed by atoms with E-state index in [0.717, 1.165) is 11.3 Å². The summed E-state index contributed by atoms with van der Waals surface area (Å²) in [4.78, 5) is 33.6. The van der Waals surface area contributed by atoms with Crippen LogP contribution in [0.25, 0.3) is 11.3 Å². The van der Waals surface area contributed by atoms with Gasteiger partial charge in [-0.1, -0.05) is 0 Å². The number of piperazine rings is 1. The van der Waals surface area contributed by atoms with Gasteiger partial charge in [-0.3, -0.25) is 0 Å². The molecule has 0 spiro atoms. The summed E-state index contributed by atoms with van der Waals surface area (Å²) in [6, 6.07) is 15.9. The topological polar surface area (TPSA) is 72.3 Å². The number of benzene rings is 2. The molecule has 0 bridgehead atoms. The first-order chi connectivity index (χ1) is 19.4. The molecule has 1 saturated heterocycles. The van der Waals surface area contributed by atoms with Crippen LogP contribution in [-0.4, -0.2) is 63.3 Å². The van der Waals surface area contributed by atoms with Crippen LogP contribution in [0.15, 0.2) is 72.0 Å². The van der Waals surface area contributed by atoms with Crippen molar-refractivity contribution in [3.05, 3.63) is 89.2 Å². The maximum atomic E-state index is 15.0. The van der Waals surface area contributed by atoms with Crippen molar-refractivity contribution < 1.29 is 14.1 Å². The van der Waals surface area contributed by atoms with Crippen LogP contribution in [0.2, 0.25) is 5.02 Å². The van der Waals surface area contributed by atoms with Crippen LogP contribution in [0, 0.1) is 5.82 Å². The van der Waals surface area contributed by atoms with Crippen LogP contribution >= 0.6 is 19.4 Å². The molecule has 1 amide bonds. The molecule has 7 nitrogen and oxygen atoms in total. The number of fused-ring (bicyclic) bond motifs is 1. The van der Waals surface area contributed by atoms with Gasteiger partial charge in [-0.15, -0.1) is 0 Å². The van der Waals surface area contributed by atoms with Crippen molar-refractivity contribution in [2.24, 2.45) is 4.76 Å². The second kappa shape index (κ2) is 11.2. The van der Waals surface area contributed by atoms with Crippen molar-refractivity contribution in [2.45, 2.75) is 45.7 Å². The Morgan fingerprint density at radius 1 is 1.12 bits per heavy atom. The van der Waals surface area contributed by atoms with E-state index in [0.29, 0.717) is 36.0 Å². The molecule has 1 aromatic heterocycles. The van der Waals surface area contributed by atoms with Gasteiger partial charge in [0.15, 0.2) is 0 Å². The van der Waals surface area contributed by atoms with Crippen LogP contribution in [-0.2, 0) is 4.79 Å². The van der Waals surface area contributed by atoms with Gasteiger partial charge in [-0.25, -0.2) is 0 Å². The Balaban J connectivity index is 1.73. The van der Waals surface area contributed by atoms with E-state index in [1.165, 1.54) is 12.1 Å². The SMILES string of the molecule is C=CC(=O)N1C[C@H](C)N(C2=N[PH](C)(O)N(c3ccccc3C(C)C)c3nc(-c4ccccc4F)c(Cl)cc32)C[C@H]1C. The first-order valence-electron chi connectivity index (χ1n) is 13.8. The van der Waals surface area contributed by atoms with Crippen LogP contribution in [0.1, 0.15) is 44.7 Å². The monoisotopic (exact) mass is 595 g/mol. The molecule has 5 rings (SSSR count). The third-order valence-corrected chi connectivity index (χ3v) is 10.0. The molecule has 1 N–H and O–H groups in total. The number of rotatable bonds is 4. The Bertz CT molecular complexity index is 1540. The van der Waals surface area contributed by atoms with E-state index in [-0.39, 0.29) is 34.5 Å². The predicted octanol–water partition coefficient (Wildman–Crippen LogP) is 6.79. The van der Waals surface area contributed by atoms with Gasteiger partial charge in [0.05, 0.1) is 0 Å². The molecule has 2 atom stereocenters. The molecule has 41 heavy (non-hydrogen) atoms. The Kier molecular flexibility index (Phi) is 7.94. The molecule has 10 heteroatoms. The molecule has 2 aliphatic rings. The fourth-order valence-corrected chi connectivity index (χ4v) is 7.99.